The first-order valence-corrected chi connectivity index (χ1v) is 10.2. The van der Waals surface area contributed by atoms with Gasteiger partial charge in [0.2, 0.25) is 0 Å². The third-order valence-corrected chi connectivity index (χ3v) is 5.34. The summed E-state index contributed by atoms with van der Waals surface area (Å²) in [5.74, 6) is -0.913. The van der Waals surface area contributed by atoms with E-state index in [1.54, 1.807) is 4.90 Å². The zero-order valence-electron chi connectivity index (χ0n) is 16.6. The highest BCUT2D eigenvalue weighted by Gasteiger charge is 2.25. The fourth-order valence-corrected chi connectivity index (χ4v) is 3.80. The van der Waals surface area contributed by atoms with Crippen LogP contribution >= 0.6 is 11.6 Å². The molecule has 1 unspecified atom stereocenters. The second kappa shape index (κ2) is 10.2. The van der Waals surface area contributed by atoms with Gasteiger partial charge in [-0.25, -0.2) is 4.39 Å². The number of piperazine rings is 1. The maximum Gasteiger partial charge on any atom is 0.256 e. The molecule has 2 aromatic rings. The number of aliphatic hydroxyl groups excluding tert-OH is 1. The van der Waals surface area contributed by atoms with Crippen LogP contribution in [0.4, 0.5) is 4.39 Å². The van der Waals surface area contributed by atoms with Crippen LogP contribution in [0.5, 0.6) is 0 Å². The van der Waals surface area contributed by atoms with Crippen molar-refractivity contribution in [3.05, 3.63) is 70.5 Å². The predicted octanol–water partition coefficient (Wildman–Crippen LogP) is 2.73. The van der Waals surface area contributed by atoms with E-state index in [0.29, 0.717) is 39.3 Å². The van der Waals surface area contributed by atoms with Crippen molar-refractivity contribution in [2.75, 3.05) is 46.3 Å². The van der Waals surface area contributed by atoms with Gasteiger partial charge >= 0.3 is 0 Å². The normalized spacial score (nSPS) is 16.2. The molecule has 7 heteroatoms. The molecule has 0 aromatic heterocycles. The van der Waals surface area contributed by atoms with Crippen molar-refractivity contribution >= 4 is 17.5 Å². The molecule has 1 fully saturated rings. The largest absolute Gasteiger partial charge is 0.390 e. The summed E-state index contributed by atoms with van der Waals surface area (Å²) in [5, 5.41) is 10.7. The Hall–Kier alpha value is -1.99. The number of hydrogen-bond acceptors (Lipinski definition) is 4. The molecule has 0 aliphatic carbocycles. The number of β-amino-alcohol motifs (C(OH)–C–C–N with tert-alkyl or cyclic N) is 1. The van der Waals surface area contributed by atoms with E-state index >= 15 is 0 Å². The van der Waals surface area contributed by atoms with Crippen LogP contribution in [0.1, 0.15) is 15.9 Å². The van der Waals surface area contributed by atoms with Crippen LogP contribution in [0.2, 0.25) is 5.02 Å². The molecule has 5 nitrogen and oxygen atoms in total. The van der Waals surface area contributed by atoms with Gasteiger partial charge in [0, 0.05) is 50.8 Å². The Morgan fingerprint density at radius 1 is 1.17 bits per heavy atom. The summed E-state index contributed by atoms with van der Waals surface area (Å²) >= 11 is 5.76. The van der Waals surface area contributed by atoms with Gasteiger partial charge in [-0.1, -0.05) is 41.9 Å². The van der Waals surface area contributed by atoms with Gasteiger partial charge in [-0.2, -0.15) is 0 Å². The first-order valence-electron chi connectivity index (χ1n) is 9.79. The summed E-state index contributed by atoms with van der Waals surface area (Å²) in [6, 6.07) is 14.3. The molecule has 0 radical (unpaired) electrons. The lowest BCUT2D eigenvalue weighted by molar-refractivity contribution is 0.0451. The second-order valence-electron chi connectivity index (χ2n) is 7.55. The van der Waals surface area contributed by atoms with Crippen molar-refractivity contribution < 1.29 is 14.3 Å². The van der Waals surface area contributed by atoms with E-state index in [9.17, 15) is 14.3 Å². The third-order valence-electron chi connectivity index (χ3n) is 5.11. The molecule has 1 saturated heterocycles. The SMILES string of the molecule is CN(Cc1ccccc1)CC(O)CN1CCN(C(=O)c2ccc(Cl)cc2F)CC1. The number of aliphatic hydroxyl groups is 1. The fraction of sp³-hybridized carbons (Fsp3) is 0.409. The average Bonchev–Trinajstić information content (AvgIpc) is 2.68. The number of halogens is 2. The van der Waals surface area contributed by atoms with Crippen LogP contribution in [0.3, 0.4) is 0 Å². The van der Waals surface area contributed by atoms with Gasteiger partial charge in [0.05, 0.1) is 11.7 Å². The highest BCUT2D eigenvalue weighted by atomic mass is 35.5. The van der Waals surface area contributed by atoms with Crippen LogP contribution in [0.25, 0.3) is 0 Å². The Kier molecular flexibility index (Phi) is 7.61. The van der Waals surface area contributed by atoms with Gasteiger partial charge in [0.25, 0.3) is 5.91 Å². The van der Waals surface area contributed by atoms with Gasteiger partial charge in [0.1, 0.15) is 5.82 Å². The Morgan fingerprint density at radius 3 is 2.52 bits per heavy atom. The van der Waals surface area contributed by atoms with E-state index in [-0.39, 0.29) is 16.5 Å². The number of likely N-dealkylation sites (N-methyl/N-ethyl adjacent to an activating group) is 1. The number of benzene rings is 2. The molecule has 0 spiro atoms. The summed E-state index contributed by atoms with van der Waals surface area (Å²) in [7, 11) is 1.99. The highest BCUT2D eigenvalue weighted by molar-refractivity contribution is 6.30. The van der Waals surface area contributed by atoms with E-state index in [2.05, 4.69) is 21.9 Å². The van der Waals surface area contributed by atoms with Crippen molar-refractivity contribution in [3.63, 3.8) is 0 Å². The molecule has 1 amide bonds. The molecule has 1 aliphatic rings. The molecule has 2 aromatic carbocycles. The van der Waals surface area contributed by atoms with Crippen LogP contribution < -0.4 is 0 Å². The van der Waals surface area contributed by atoms with Crippen molar-refractivity contribution in [1.82, 2.24) is 14.7 Å². The van der Waals surface area contributed by atoms with Crippen LogP contribution in [-0.2, 0) is 6.54 Å². The van der Waals surface area contributed by atoms with Gasteiger partial charge in [-0.05, 0) is 30.8 Å². The monoisotopic (exact) mass is 419 g/mol. The lowest BCUT2D eigenvalue weighted by Gasteiger charge is -2.36. The highest BCUT2D eigenvalue weighted by Crippen LogP contribution is 2.17. The number of carbonyl (C=O) groups is 1. The van der Waals surface area contributed by atoms with Crippen molar-refractivity contribution in [3.8, 4) is 0 Å². The summed E-state index contributed by atoms with van der Waals surface area (Å²) < 4.78 is 14.0. The lowest BCUT2D eigenvalue weighted by Crippen LogP contribution is -2.51. The average molecular weight is 420 g/mol. The molecular formula is C22H27ClFN3O2. The Labute approximate surface area is 176 Å². The van der Waals surface area contributed by atoms with Crippen LogP contribution in [0.15, 0.2) is 48.5 Å². The van der Waals surface area contributed by atoms with E-state index in [0.717, 1.165) is 12.6 Å². The van der Waals surface area contributed by atoms with E-state index in [4.69, 9.17) is 11.6 Å². The number of nitrogens with zero attached hydrogens (tertiary/aromatic N) is 3. The van der Waals surface area contributed by atoms with Crippen molar-refractivity contribution in [2.45, 2.75) is 12.6 Å². The first-order chi connectivity index (χ1) is 13.9. The number of carbonyl (C=O) groups excluding carboxylic acids is 1. The molecule has 0 saturated carbocycles. The number of amides is 1. The van der Waals surface area contributed by atoms with Crippen LogP contribution in [0, 0.1) is 5.82 Å². The Bertz CT molecular complexity index is 813. The first kappa shape index (κ1) is 21.7. The summed E-state index contributed by atoms with van der Waals surface area (Å²) in [5.41, 5.74) is 1.26. The van der Waals surface area contributed by atoms with Crippen LogP contribution in [-0.4, -0.2) is 78.1 Å². The quantitative estimate of drug-likeness (QED) is 0.749. The van der Waals surface area contributed by atoms with E-state index < -0.39 is 11.9 Å². The fourth-order valence-electron chi connectivity index (χ4n) is 3.64. The standard InChI is InChI=1S/C22H27ClFN3O2/c1-25(14-17-5-3-2-4-6-17)15-19(28)16-26-9-11-27(12-10-26)22(29)20-8-7-18(23)13-21(20)24/h2-8,13,19,28H,9-12,14-16H2,1H3. The second-order valence-corrected chi connectivity index (χ2v) is 7.99. The molecule has 1 heterocycles. The Balaban J connectivity index is 1.43. The molecule has 1 aliphatic heterocycles. The van der Waals surface area contributed by atoms with Crippen molar-refractivity contribution in [1.29, 1.82) is 0 Å². The maximum atomic E-state index is 14.0. The van der Waals surface area contributed by atoms with Gasteiger partial charge in [0.15, 0.2) is 0 Å². The molecule has 3 rings (SSSR count). The molecule has 0 bridgehead atoms. The molecular weight excluding hydrogens is 393 g/mol. The lowest BCUT2D eigenvalue weighted by atomic mass is 10.1. The third kappa shape index (κ3) is 6.24. The minimum Gasteiger partial charge on any atom is -0.390 e. The topological polar surface area (TPSA) is 47.0 Å². The molecule has 156 valence electrons. The molecule has 29 heavy (non-hydrogen) atoms. The predicted molar refractivity (Wildman–Crippen MR) is 113 cm³/mol. The number of hydrogen-bond donors (Lipinski definition) is 1. The number of rotatable bonds is 7. The van der Waals surface area contributed by atoms with E-state index in [1.165, 1.54) is 17.7 Å². The minimum absolute atomic E-state index is 0.0467. The Morgan fingerprint density at radius 2 is 1.86 bits per heavy atom. The maximum absolute atomic E-state index is 14.0. The van der Waals surface area contributed by atoms with Gasteiger partial charge in [-0.15, -0.1) is 0 Å². The van der Waals surface area contributed by atoms with Gasteiger partial charge in [-0.3, -0.25) is 14.6 Å². The molecule has 1 atom stereocenters. The van der Waals surface area contributed by atoms with E-state index in [1.807, 2.05) is 25.2 Å². The summed E-state index contributed by atoms with van der Waals surface area (Å²) in [6.45, 7) is 4.23. The van der Waals surface area contributed by atoms with Gasteiger partial charge < -0.3 is 10.0 Å². The summed E-state index contributed by atoms with van der Waals surface area (Å²) in [6.07, 6.45) is -0.473. The minimum atomic E-state index is -0.596. The molecule has 1 N–H and O–H groups in total. The summed E-state index contributed by atoms with van der Waals surface area (Å²) in [4.78, 5) is 18.4. The van der Waals surface area contributed by atoms with Crippen molar-refractivity contribution in [2.24, 2.45) is 0 Å². The zero-order chi connectivity index (χ0) is 20.8. The zero-order valence-corrected chi connectivity index (χ0v) is 17.4. The smallest absolute Gasteiger partial charge is 0.256 e.